The van der Waals surface area contributed by atoms with Crippen molar-refractivity contribution in [1.29, 1.82) is 0 Å². The summed E-state index contributed by atoms with van der Waals surface area (Å²) in [4.78, 5) is 52.6. The number of hydrogen-bond donors (Lipinski definition) is 2. The van der Waals surface area contributed by atoms with Gasteiger partial charge in [-0.15, -0.1) is 0 Å². The van der Waals surface area contributed by atoms with E-state index in [-0.39, 0.29) is 153 Å². The van der Waals surface area contributed by atoms with Crippen LogP contribution < -0.4 is 14.2 Å². The van der Waals surface area contributed by atoms with Crippen molar-refractivity contribution >= 4 is 64.3 Å². The predicted molar refractivity (Wildman–Crippen MR) is 234 cm³/mol. The molecule has 3 aromatic heterocycles. The Hall–Kier alpha value is -4.68. The van der Waals surface area contributed by atoms with Crippen molar-refractivity contribution in [2.45, 2.75) is 20.8 Å². The number of ether oxygens (including phenoxy) is 3. The molecule has 0 unspecified atom stereocenters. The molecule has 10 nitrogen and oxygen atoms in total. The van der Waals surface area contributed by atoms with Crippen LogP contribution in [-0.4, -0.2) is 37.8 Å². The average molecular weight is 999 g/mol. The number of esters is 3. The Bertz CT molecular complexity index is 3360. The van der Waals surface area contributed by atoms with Crippen LogP contribution in [0, 0.1) is 142 Å². The summed E-state index contributed by atoms with van der Waals surface area (Å²) in [6, 6.07) is 26.4. The van der Waals surface area contributed by atoms with Gasteiger partial charge in [-0.1, -0.05) is 36.4 Å². The minimum absolute atomic E-state index is 0. The van der Waals surface area contributed by atoms with Gasteiger partial charge in [-0.05, 0) is 102 Å². The molecule has 0 saturated carbocycles. The normalized spacial score (nSPS) is 11.2. The predicted octanol–water partition coefficient (Wildman–Crippen LogP) is 11.8. The number of carbonyl (C=O) groups excluding carboxylic acids is 3. The molecular formula is C50H31Ar3F5N4O6. The van der Waals surface area contributed by atoms with E-state index in [1.807, 2.05) is 6.07 Å². The minimum Gasteiger partial charge on any atom is -0.427 e. The Labute approximate surface area is 473 Å². The smallest absolute Gasteiger partial charge is 0.308 e. The first-order valence-electron chi connectivity index (χ1n) is 19.8. The summed E-state index contributed by atoms with van der Waals surface area (Å²) in [6.45, 7) is 3.78. The van der Waals surface area contributed by atoms with E-state index in [4.69, 9.17) is 24.2 Å². The number of halogens is 5. The van der Waals surface area contributed by atoms with Gasteiger partial charge >= 0.3 is 17.9 Å². The van der Waals surface area contributed by atoms with Crippen molar-refractivity contribution in [3.8, 4) is 61.8 Å². The molecule has 0 radical (unpaired) electrons. The number of benzene rings is 4. The molecule has 0 aliphatic carbocycles. The van der Waals surface area contributed by atoms with Gasteiger partial charge in [0, 0.05) is 178 Å². The van der Waals surface area contributed by atoms with E-state index in [2.05, 4.69) is 9.97 Å². The number of aromatic nitrogens is 4. The van der Waals surface area contributed by atoms with Gasteiger partial charge in [-0.3, -0.25) is 14.4 Å². The molecule has 2 aliphatic rings. The van der Waals surface area contributed by atoms with Crippen LogP contribution in [0.2, 0.25) is 0 Å². The Balaban J connectivity index is 0.00000254. The molecule has 0 spiro atoms. The summed E-state index contributed by atoms with van der Waals surface area (Å²) < 4.78 is 93.1. The van der Waals surface area contributed by atoms with Crippen LogP contribution in [0.1, 0.15) is 43.5 Å². The van der Waals surface area contributed by atoms with Crippen molar-refractivity contribution in [3.05, 3.63) is 149 Å². The van der Waals surface area contributed by atoms with Gasteiger partial charge in [-0.25, -0.2) is 31.9 Å². The third kappa shape index (κ3) is 10.6. The number of nitrogens with zero attached hydrogens (tertiary/aromatic N) is 2. The standard InChI is InChI=1S/C50H31F5N4O6.3Ar/c1-24(60)63-30-10-4-7-27(21-30)41-33-13-15-35(56-33)42(28-8-5-11-31(22-28)64-25(2)61)37-17-19-39(58-37)44(45-46(51)48(53)50(55)49(54)47(45)52)40-20-18-38(59-40)43(36-16-14-34(41)57-36)29-9-6-12-32(23-29)65-26(3)62;;;/h4-23,56,59H,1-3H3;;;. The monoisotopic (exact) mass is 998 g/mol. The van der Waals surface area contributed by atoms with Crippen LogP contribution in [0.25, 0.3) is 90.9 Å². The maximum Gasteiger partial charge on any atom is 0.308 e. The zero-order chi connectivity index (χ0) is 45.7. The summed E-state index contributed by atoms with van der Waals surface area (Å²) in [5.41, 5.74) is 3.11. The first kappa shape index (κ1) is 52.7. The van der Waals surface area contributed by atoms with Crippen molar-refractivity contribution in [1.82, 2.24) is 19.9 Å². The minimum atomic E-state index is -2.33. The van der Waals surface area contributed by atoms with Crippen molar-refractivity contribution in [3.63, 3.8) is 0 Å². The van der Waals surface area contributed by atoms with Crippen LogP contribution in [0.5, 0.6) is 17.2 Å². The first-order chi connectivity index (χ1) is 31.2. The largest absolute Gasteiger partial charge is 0.427 e. The Morgan fingerprint density at radius 1 is 0.397 bits per heavy atom. The van der Waals surface area contributed by atoms with Crippen LogP contribution >= 0.6 is 0 Å². The molecule has 2 N–H and O–H groups in total. The fourth-order valence-electron chi connectivity index (χ4n) is 7.85. The van der Waals surface area contributed by atoms with Gasteiger partial charge in [0.1, 0.15) is 17.2 Å². The zero-order valence-electron chi connectivity index (χ0n) is 35.3. The molecule has 4 aromatic carbocycles. The molecule has 68 heavy (non-hydrogen) atoms. The molecule has 0 fully saturated rings. The maximum absolute atomic E-state index is 16.0. The summed E-state index contributed by atoms with van der Waals surface area (Å²) in [5, 5.41) is 0. The Morgan fingerprint density at radius 2 is 0.676 bits per heavy atom. The quantitative estimate of drug-likeness (QED) is 0.0530. The first-order valence-corrected chi connectivity index (χ1v) is 19.8. The number of fused-ring (bicyclic) bond motifs is 8. The number of H-pyrrole nitrogens is 2. The molecule has 9 rings (SSSR count). The van der Waals surface area contributed by atoms with Gasteiger partial charge in [0.2, 0.25) is 5.82 Å². The van der Waals surface area contributed by atoms with Gasteiger partial charge in [0.25, 0.3) is 0 Å². The van der Waals surface area contributed by atoms with E-state index < -0.39 is 58.1 Å². The fourth-order valence-corrected chi connectivity index (χ4v) is 7.85. The molecule has 18 heteroatoms. The van der Waals surface area contributed by atoms with E-state index in [1.165, 1.54) is 39.0 Å². The molecule has 8 bridgehead atoms. The Morgan fingerprint density at radius 3 is 0.985 bits per heavy atom. The molecule has 5 heterocycles. The third-order valence-corrected chi connectivity index (χ3v) is 10.4. The summed E-state index contributed by atoms with van der Waals surface area (Å²) in [7, 11) is 0. The van der Waals surface area contributed by atoms with Crippen molar-refractivity contribution in [2.24, 2.45) is 0 Å². The Kier molecular flexibility index (Phi) is 17.0. The van der Waals surface area contributed by atoms with E-state index in [0.29, 0.717) is 55.8 Å². The molecule has 0 saturated heterocycles. The van der Waals surface area contributed by atoms with E-state index >= 15 is 17.6 Å². The van der Waals surface area contributed by atoms with Gasteiger partial charge < -0.3 is 24.2 Å². The van der Waals surface area contributed by atoms with Crippen molar-refractivity contribution in [2.75, 3.05) is 0 Å². The molecule has 7 aromatic rings. The third-order valence-electron chi connectivity index (χ3n) is 10.4. The van der Waals surface area contributed by atoms with Crippen LogP contribution in [0.4, 0.5) is 22.0 Å². The zero-order valence-corrected chi connectivity index (χ0v) is 37.5. The molecule has 0 atom stereocenters. The summed E-state index contributed by atoms with van der Waals surface area (Å²) in [5.74, 6) is -11.8. The second kappa shape index (κ2) is 22.0. The van der Waals surface area contributed by atoms with Crippen LogP contribution in [0.3, 0.4) is 0 Å². The second-order valence-corrected chi connectivity index (χ2v) is 14.8. The van der Waals surface area contributed by atoms with Crippen LogP contribution in [-0.2, 0) is 14.4 Å². The van der Waals surface area contributed by atoms with E-state index in [9.17, 15) is 18.8 Å². The molecular weight excluding hydrogens is 967 g/mol. The number of hydrogen-bond acceptors (Lipinski definition) is 8. The maximum atomic E-state index is 16.0. The summed E-state index contributed by atoms with van der Waals surface area (Å²) >= 11 is 0. The number of carbonyl (C=O) groups is 3. The molecule has 2 aliphatic heterocycles. The summed E-state index contributed by atoms with van der Waals surface area (Å²) in [6.07, 6.45) is 6.38. The van der Waals surface area contributed by atoms with E-state index in [0.717, 1.165) is 0 Å². The fraction of sp³-hybridized carbons (Fsp3) is 0.0600. The van der Waals surface area contributed by atoms with E-state index in [1.54, 1.807) is 97.1 Å². The van der Waals surface area contributed by atoms with Crippen LogP contribution in [0.15, 0.2) is 97.1 Å². The van der Waals surface area contributed by atoms with Gasteiger partial charge in [0.05, 0.1) is 28.3 Å². The van der Waals surface area contributed by atoms with Crippen molar-refractivity contribution < 1.29 is 164 Å². The molecule has 346 valence electrons. The molecule has 0 amide bonds. The van der Waals surface area contributed by atoms with Gasteiger partial charge in [0.15, 0.2) is 23.3 Å². The van der Waals surface area contributed by atoms with Gasteiger partial charge in [-0.2, -0.15) is 0 Å². The second-order valence-electron chi connectivity index (χ2n) is 14.8. The number of aromatic amines is 2. The number of rotatable bonds is 7. The topological polar surface area (TPSA) is 136 Å². The number of nitrogens with one attached hydrogen (secondary N) is 2. The average Bonchev–Trinajstić information content (AvgIpc) is 4.11. The SMILES string of the molecule is CC(=O)Oc1cccc(-c2c3nc(c(-c4cccc(OC(C)=O)c4)c4ccc([nH]4)c(-c4c(F)c(F)c(F)c(F)c4F)c4nc(c(-c5cccc(OC(C)=O)c5)c5ccc2[nH]5)C=C4)C=C3)c1.[Ar].[Ar].[Ar].